The summed E-state index contributed by atoms with van der Waals surface area (Å²) in [5.74, 6) is -1.52. The maximum atomic E-state index is 12.7. The van der Waals surface area contributed by atoms with E-state index in [2.05, 4.69) is 10.6 Å². The van der Waals surface area contributed by atoms with E-state index in [9.17, 15) is 14.4 Å². The fourth-order valence-electron chi connectivity index (χ4n) is 3.34. The van der Waals surface area contributed by atoms with Crippen LogP contribution in [-0.4, -0.2) is 44.7 Å². The number of fused-ring (bicyclic) bond motifs is 1. The Bertz CT molecular complexity index is 992. The van der Waals surface area contributed by atoms with Crippen LogP contribution < -0.4 is 16.4 Å². The highest BCUT2D eigenvalue weighted by atomic mass is 35.5. The van der Waals surface area contributed by atoms with Gasteiger partial charge in [-0.3, -0.25) is 9.59 Å². The van der Waals surface area contributed by atoms with Gasteiger partial charge in [0, 0.05) is 29.2 Å². The first-order chi connectivity index (χ1) is 14.9. The molecule has 3 rings (SSSR count). The lowest BCUT2D eigenvalue weighted by Gasteiger charge is -2.13. The number of benzene rings is 1. The fourth-order valence-corrected chi connectivity index (χ4v) is 4.82. The number of aryl methyl sites for hydroxylation is 1. The predicted molar refractivity (Wildman–Crippen MR) is 120 cm³/mol. The largest absolute Gasteiger partial charge is 0.452 e. The molecule has 2 amide bonds. The molecule has 0 saturated heterocycles. The van der Waals surface area contributed by atoms with Crippen LogP contribution in [0.25, 0.3) is 0 Å². The van der Waals surface area contributed by atoms with Gasteiger partial charge in [0.1, 0.15) is 5.00 Å². The molecule has 0 radical (unpaired) electrons. The molecule has 0 spiro atoms. The summed E-state index contributed by atoms with van der Waals surface area (Å²) in [5.41, 5.74) is 7.53. The average molecular weight is 466 g/mol. The van der Waals surface area contributed by atoms with Crippen molar-refractivity contribution in [1.82, 2.24) is 5.32 Å². The van der Waals surface area contributed by atoms with Crippen LogP contribution in [0, 0.1) is 0 Å². The first-order valence-corrected chi connectivity index (χ1v) is 11.0. The van der Waals surface area contributed by atoms with E-state index < -0.39 is 18.5 Å². The minimum Gasteiger partial charge on any atom is -0.452 e. The van der Waals surface area contributed by atoms with E-state index in [0.717, 1.165) is 36.1 Å². The van der Waals surface area contributed by atoms with Gasteiger partial charge in [-0.1, -0.05) is 11.6 Å². The molecule has 1 aliphatic carbocycles. The number of methoxy groups -OCH3 is 1. The number of rotatable bonds is 8. The SMILES string of the molecule is COCCNC(=O)c1c(NC(=O)COC(=O)c2ccc(Cl)cc2N)sc2c1CCCC2. The fraction of sp³-hybridized carbons (Fsp3) is 0.381. The van der Waals surface area contributed by atoms with Crippen molar-refractivity contribution in [2.75, 3.05) is 37.9 Å². The van der Waals surface area contributed by atoms with Gasteiger partial charge in [-0.2, -0.15) is 0 Å². The number of nitrogens with two attached hydrogens (primary N) is 1. The summed E-state index contributed by atoms with van der Waals surface area (Å²) in [7, 11) is 1.56. The van der Waals surface area contributed by atoms with Gasteiger partial charge in [0.25, 0.3) is 11.8 Å². The molecule has 0 saturated carbocycles. The van der Waals surface area contributed by atoms with E-state index in [1.807, 2.05) is 0 Å². The standard InChI is InChI=1S/C21H24ClN3O5S/c1-29-9-8-24-19(27)18-14-4-2-3-5-16(14)31-20(18)25-17(26)11-30-21(28)13-7-6-12(22)10-15(13)23/h6-7,10H,2-5,8-9,11,23H2,1H3,(H,24,27)(H,25,26). The summed E-state index contributed by atoms with van der Waals surface area (Å²) in [6.45, 7) is 0.255. The van der Waals surface area contributed by atoms with Gasteiger partial charge in [0.05, 0.1) is 17.7 Å². The van der Waals surface area contributed by atoms with Gasteiger partial charge < -0.3 is 25.8 Å². The Balaban J connectivity index is 1.68. The normalized spacial score (nSPS) is 12.7. The molecule has 0 fully saturated rings. The van der Waals surface area contributed by atoms with Crippen LogP contribution in [0.15, 0.2) is 18.2 Å². The average Bonchev–Trinajstić information content (AvgIpc) is 3.10. The van der Waals surface area contributed by atoms with E-state index in [-0.39, 0.29) is 17.2 Å². The number of carbonyl (C=O) groups excluding carboxylic acids is 3. The molecule has 1 aromatic carbocycles. The summed E-state index contributed by atoms with van der Waals surface area (Å²) in [6.07, 6.45) is 3.71. The lowest BCUT2D eigenvalue weighted by molar-refractivity contribution is -0.119. The van der Waals surface area contributed by atoms with Crippen LogP contribution in [-0.2, 0) is 27.1 Å². The third kappa shape index (κ3) is 5.75. The van der Waals surface area contributed by atoms with Gasteiger partial charge in [0.2, 0.25) is 0 Å². The van der Waals surface area contributed by atoms with Crippen LogP contribution in [0.5, 0.6) is 0 Å². The van der Waals surface area contributed by atoms with E-state index in [4.69, 9.17) is 26.8 Å². The van der Waals surface area contributed by atoms with E-state index >= 15 is 0 Å². The summed E-state index contributed by atoms with van der Waals surface area (Å²) in [5, 5.41) is 6.40. The minimum atomic E-state index is -0.729. The Morgan fingerprint density at radius 2 is 2.00 bits per heavy atom. The van der Waals surface area contributed by atoms with Crippen molar-refractivity contribution >= 4 is 51.4 Å². The van der Waals surface area contributed by atoms with Crippen molar-refractivity contribution < 1.29 is 23.9 Å². The number of halogens is 1. The van der Waals surface area contributed by atoms with Crippen molar-refractivity contribution in [2.45, 2.75) is 25.7 Å². The molecular weight excluding hydrogens is 442 g/mol. The number of esters is 1. The van der Waals surface area contributed by atoms with Crippen LogP contribution in [0.4, 0.5) is 10.7 Å². The molecule has 0 atom stereocenters. The topological polar surface area (TPSA) is 120 Å². The lowest BCUT2D eigenvalue weighted by Crippen LogP contribution is -2.29. The molecule has 166 valence electrons. The third-order valence-electron chi connectivity index (χ3n) is 4.81. The second kappa shape index (κ2) is 10.6. The number of nitrogen functional groups attached to an aromatic ring is 1. The number of nitrogens with one attached hydrogen (secondary N) is 2. The van der Waals surface area contributed by atoms with E-state index in [0.29, 0.717) is 28.7 Å². The van der Waals surface area contributed by atoms with Crippen molar-refractivity contribution in [1.29, 1.82) is 0 Å². The number of hydrogen-bond donors (Lipinski definition) is 3. The molecule has 2 aromatic rings. The van der Waals surface area contributed by atoms with Gasteiger partial charge in [-0.05, 0) is 49.4 Å². The Morgan fingerprint density at radius 1 is 1.23 bits per heavy atom. The molecular formula is C21H24ClN3O5S. The second-order valence-electron chi connectivity index (χ2n) is 7.02. The zero-order valence-electron chi connectivity index (χ0n) is 17.1. The van der Waals surface area contributed by atoms with Crippen molar-refractivity contribution in [3.8, 4) is 0 Å². The summed E-state index contributed by atoms with van der Waals surface area (Å²) >= 11 is 7.22. The van der Waals surface area contributed by atoms with Gasteiger partial charge in [0.15, 0.2) is 6.61 Å². The van der Waals surface area contributed by atoms with Crippen molar-refractivity contribution in [2.24, 2.45) is 0 Å². The maximum Gasteiger partial charge on any atom is 0.340 e. The van der Waals surface area contributed by atoms with Crippen LogP contribution in [0.3, 0.4) is 0 Å². The lowest BCUT2D eigenvalue weighted by atomic mass is 9.95. The minimum absolute atomic E-state index is 0.127. The third-order valence-corrected chi connectivity index (χ3v) is 6.25. The van der Waals surface area contributed by atoms with E-state index in [1.165, 1.54) is 29.5 Å². The van der Waals surface area contributed by atoms with Crippen molar-refractivity contribution in [3.63, 3.8) is 0 Å². The summed E-state index contributed by atoms with van der Waals surface area (Å²) in [6, 6.07) is 4.38. The zero-order valence-corrected chi connectivity index (χ0v) is 18.7. The highest BCUT2D eigenvalue weighted by Crippen LogP contribution is 2.38. The number of anilines is 2. The number of amides is 2. The van der Waals surface area contributed by atoms with Crippen molar-refractivity contribution in [3.05, 3.63) is 44.8 Å². The monoisotopic (exact) mass is 465 g/mol. The van der Waals surface area contributed by atoms with E-state index in [1.54, 1.807) is 7.11 Å². The zero-order chi connectivity index (χ0) is 22.4. The van der Waals surface area contributed by atoms with Crippen LogP contribution in [0.1, 0.15) is 44.0 Å². The first kappa shape index (κ1) is 23.1. The number of thiophene rings is 1. The highest BCUT2D eigenvalue weighted by molar-refractivity contribution is 7.17. The smallest absolute Gasteiger partial charge is 0.340 e. The Kier molecular flexibility index (Phi) is 7.89. The summed E-state index contributed by atoms with van der Waals surface area (Å²) < 4.78 is 10.1. The quantitative estimate of drug-likeness (QED) is 0.313. The number of hydrogen-bond acceptors (Lipinski definition) is 7. The molecule has 10 heteroatoms. The first-order valence-electron chi connectivity index (χ1n) is 9.84. The van der Waals surface area contributed by atoms with Gasteiger partial charge in [-0.15, -0.1) is 11.3 Å². The molecule has 0 unspecified atom stereocenters. The highest BCUT2D eigenvalue weighted by Gasteiger charge is 2.26. The van der Waals surface area contributed by atoms with Gasteiger partial charge in [-0.25, -0.2) is 4.79 Å². The maximum absolute atomic E-state index is 12.7. The second-order valence-corrected chi connectivity index (χ2v) is 8.56. The molecule has 0 aliphatic heterocycles. The Morgan fingerprint density at radius 3 is 2.74 bits per heavy atom. The van der Waals surface area contributed by atoms with Crippen LogP contribution >= 0.6 is 22.9 Å². The molecule has 1 heterocycles. The Hall–Kier alpha value is -2.62. The van der Waals surface area contributed by atoms with Crippen LogP contribution in [0.2, 0.25) is 5.02 Å². The molecule has 8 nitrogen and oxygen atoms in total. The molecule has 31 heavy (non-hydrogen) atoms. The summed E-state index contributed by atoms with van der Waals surface area (Å²) in [4.78, 5) is 38.5. The number of ether oxygens (including phenoxy) is 2. The molecule has 0 bridgehead atoms. The molecule has 4 N–H and O–H groups in total. The Labute approximate surface area is 189 Å². The number of carbonyl (C=O) groups is 3. The molecule has 1 aromatic heterocycles. The van der Waals surface area contributed by atoms with Gasteiger partial charge >= 0.3 is 5.97 Å². The predicted octanol–water partition coefficient (Wildman–Crippen LogP) is 3.03. The molecule has 1 aliphatic rings.